The summed E-state index contributed by atoms with van der Waals surface area (Å²) < 4.78 is 0. The lowest BCUT2D eigenvalue weighted by Gasteiger charge is -2.12. The number of amides is 1. The van der Waals surface area contributed by atoms with Crippen LogP contribution in [0.25, 0.3) is 0 Å². The van der Waals surface area contributed by atoms with Gasteiger partial charge in [-0.1, -0.05) is 23.7 Å². The Morgan fingerprint density at radius 3 is 2.47 bits per heavy atom. The molecule has 1 N–H and O–H groups in total. The zero-order chi connectivity index (χ0) is 11.8. The first kappa shape index (κ1) is 11.1. The smallest absolute Gasteiger partial charge is 0.223 e. The van der Waals surface area contributed by atoms with Crippen LogP contribution in [0, 0.1) is 17.8 Å². The third kappa shape index (κ3) is 2.47. The Bertz CT molecular complexity index is 418. The summed E-state index contributed by atoms with van der Waals surface area (Å²) in [4.78, 5) is 11.9. The molecule has 3 rings (SSSR count). The van der Waals surface area contributed by atoms with Gasteiger partial charge in [0.15, 0.2) is 0 Å². The second-order valence-corrected chi connectivity index (χ2v) is 5.70. The molecular formula is C14H16ClNO. The Labute approximate surface area is 106 Å². The van der Waals surface area contributed by atoms with Gasteiger partial charge in [0.2, 0.25) is 5.91 Å². The minimum absolute atomic E-state index is 0.229. The minimum atomic E-state index is 0.229. The Hall–Kier alpha value is -1.02. The van der Waals surface area contributed by atoms with Gasteiger partial charge in [0.05, 0.1) is 0 Å². The van der Waals surface area contributed by atoms with Crippen LogP contribution in [0.2, 0.25) is 5.02 Å². The summed E-state index contributed by atoms with van der Waals surface area (Å²) in [6, 6.07) is 7.62. The fraction of sp³-hybridized carbons (Fsp3) is 0.500. The Morgan fingerprint density at radius 2 is 1.82 bits per heavy atom. The largest absolute Gasteiger partial charge is 0.352 e. The zero-order valence-corrected chi connectivity index (χ0v) is 10.4. The first-order chi connectivity index (χ1) is 8.22. The quantitative estimate of drug-likeness (QED) is 0.877. The van der Waals surface area contributed by atoms with Crippen molar-refractivity contribution in [2.75, 3.05) is 0 Å². The van der Waals surface area contributed by atoms with Crippen LogP contribution in [0.3, 0.4) is 0 Å². The van der Waals surface area contributed by atoms with Gasteiger partial charge in [0, 0.05) is 17.5 Å². The Balaban J connectivity index is 1.50. The van der Waals surface area contributed by atoms with Crippen molar-refractivity contribution in [3.05, 3.63) is 34.9 Å². The first-order valence-corrected chi connectivity index (χ1v) is 6.62. The highest BCUT2D eigenvalue weighted by Gasteiger charge is 2.47. The van der Waals surface area contributed by atoms with Crippen molar-refractivity contribution in [3.63, 3.8) is 0 Å². The molecule has 2 aliphatic rings. The van der Waals surface area contributed by atoms with Crippen LogP contribution in [0.1, 0.15) is 24.8 Å². The molecule has 90 valence electrons. The van der Waals surface area contributed by atoms with Crippen LogP contribution in [0.4, 0.5) is 0 Å². The van der Waals surface area contributed by atoms with E-state index in [0.717, 1.165) is 35.3 Å². The lowest BCUT2D eigenvalue weighted by molar-refractivity contribution is -0.125. The summed E-state index contributed by atoms with van der Waals surface area (Å²) in [6.07, 6.45) is 3.58. The van der Waals surface area contributed by atoms with E-state index < -0.39 is 0 Å². The summed E-state index contributed by atoms with van der Waals surface area (Å²) in [5.74, 6) is 2.22. The fourth-order valence-electron chi connectivity index (χ4n) is 2.86. The molecule has 2 nitrogen and oxygen atoms in total. The van der Waals surface area contributed by atoms with Gasteiger partial charge in [-0.15, -0.1) is 0 Å². The summed E-state index contributed by atoms with van der Waals surface area (Å²) in [5.41, 5.74) is 1.10. The van der Waals surface area contributed by atoms with Crippen LogP contribution in [0.15, 0.2) is 24.3 Å². The second kappa shape index (κ2) is 4.34. The maximum Gasteiger partial charge on any atom is 0.223 e. The molecule has 0 spiro atoms. The van der Waals surface area contributed by atoms with E-state index in [-0.39, 0.29) is 11.8 Å². The predicted octanol–water partition coefficient (Wildman–Crippen LogP) is 3.00. The molecule has 2 saturated carbocycles. The molecule has 1 aromatic carbocycles. The van der Waals surface area contributed by atoms with Gasteiger partial charge in [0.25, 0.3) is 0 Å². The summed E-state index contributed by atoms with van der Waals surface area (Å²) >= 11 is 5.81. The highest BCUT2D eigenvalue weighted by molar-refractivity contribution is 6.30. The molecule has 1 amide bonds. The molecule has 2 fully saturated rings. The van der Waals surface area contributed by atoms with Gasteiger partial charge < -0.3 is 5.32 Å². The van der Waals surface area contributed by atoms with E-state index in [1.54, 1.807) is 0 Å². The molecule has 2 atom stereocenters. The van der Waals surface area contributed by atoms with E-state index in [4.69, 9.17) is 11.6 Å². The summed E-state index contributed by atoms with van der Waals surface area (Å²) in [7, 11) is 0. The summed E-state index contributed by atoms with van der Waals surface area (Å²) in [6.45, 7) is 0.613. The lowest BCUT2D eigenvalue weighted by atomic mass is 10.0. The van der Waals surface area contributed by atoms with Crippen LogP contribution in [0.5, 0.6) is 0 Å². The number of carbonyl (C=O) groups excluding carboxylic acids is 1. The average molecular weight is 250 g/mol. The standard InChI is InChI=1S/C14H16ClNO/c15-13-3-1-9(2-4-13)8-16-14(17)12-6-10-5-11(10)7-12/h1-4,10-12H,5-8H2,(H,16,17). The van der Waals surface area contributed by atoms with Gasteiger partial charge in [-0.2, -0.15) is 0 Å². The minimum Gasteiger partial charge on any atom is -0.352 e. The molecule has 0 aliphatic heterocycles. The predicted molar refractivity (Wildman–Crippen MR) is 67.6 cm³/mol. The monoisotopic (exact) mass is 249 g/mol. The van der Waals surface area contributed by atoms with Crippen molar-refractivity contribution >= 4 is 17.5 Å². The third-order valence-electron chi connectivity index (χ3n) is 3.99. The van der Waals surface area contributed by atoms with Crippen LogP contribution in [-0.4, -0.2) is 5.91 Å². The maximum atomic E-state index is 11.9. The summed E-state index contributed by atoms with van der Waals surface area (Å²) in [5, 5.41) is 3.75. The molecule has 0 saturated heterocycles. The van der Waals surface area contributed by atoms with Crippen molar-refractivity contribution in [3.8, 4) is 0 Å². The van der Waals surface area contributed by atoms with E-state index in [1.807, 2.05) is 24.3 Å². The number of carbonyl (C=O) groups is 1. The molecule has 17 heavy (non-hydrogen) atoms. The van der Waals surface area contributed by atoms with E-state index in [2.05, 4.69) is 5.32 Å². The normalized spacial score (nSPS) is 29.8. The van der Waals surface area contributed by atoms with Gasteiger partial charge in [-0.25, -0.2) is 0 Å². The van der Waals surface area contributed by atoms with Gasteiger partial charge in [0.1, 0.15) is 0 Å². The van der Waals surface area contributed by atoms with E-state index in [9.17, 15) is 4.79 Å². The average Bonchev–Trinajstić information content (AvgIpc) is 2.95. The molecule has 3 heteroatoms. The number of nitrogens with one attached hydrogen (secondary N) is 1. The topological polar surface area (TPSA) is 29.1 Å². The molecule has 0 bridgehead atoms. The number of fused-ring (bicyclic) bond motifs is 1. The number of hydrogen-bond acceptors (Lipinski definition) is 1. The highest BCUT2D eigenvalue weighted by Crippen LogP contribution is 2.54. The van der Waals surface area contributed by atoms with Crippen molar-refractivity contribution in [2.45, 2.75) is 25.8 Å². The second-order valence-electron chi connectivity index (χ2n) is 5.27. The lowest BCUT2D eigenvalue weighted by Crippen LogP contribution is -2.29. The Kier molecular flexibility index (Phi) is 2.83. The van der Waals surface area contributed by atoms with Crippen molar-refractivity contribution in [1.29, 1.82) is 0 Å². The van der Waals surface area contributed by atoms with Gasteiger partial charge in [-0.3, -0.25) is 4.79 Å². The SMILES string of the molecule is O=C(NCc1ccc(Cl)cc1)C1CC2CC2C1. The molecule has 2 aliphatic carbocycles. The van der Waals surface area contributed by atoms with E-state index in [0.29, 0.717) is 6.54 Å². The van der Waals surface area contributed by atoms with Crippen molar-refractivity contribution in [2.24, 2.45) is 17.8 Å². The van der Waals surface area contributed by atoms with Crippen molar-refractivity contribution in [1.82, 2.24) is 5.32 Å². The third-order valence-corrected chi connectivity index (χ3v) is 4.25. The number of rotatable bonds is 3. The molecule has 0 heterocycles. The maximum absolute atomic E-state index is 11.9. The Morgan fingerprint density at radius 1 is 1.18 bits per heavy atom. The van der Waals surface area contributed by atoms with Crippen LogP contribution >= 0.6 is 11.6 Å². The molecule has 1 aromatic rings. The van der Waals surface area contributed by atoms with Crippen LogP contribution < -0.4 is 5.32 Å². The van der Waals surface area contributed by atoms with Gasteiger partial charge >= 0.3 is 0 Å². The molecule has 0 radical (unpaired) electrons. The van der Waals surface area contributed by atoms with Gasteiger partial charge in [-0.05, 0) is 48.8 Å². The fourth-order valence-corrected chi connectivity index (χ4v) is 2.99. The number of halogens is 1. The number of hydrogen-bond donors (Lipinski definition) is 1. The van der Waals surface area contributed by atoms with Crippen LogP contribution in [-0.2, 0) is 11.3 Å². The van der Waals surface area contributed by atoms with E-state index in [1.165, 1.54) is 6.42 Å². The number of benzene rings is 1. The van der Waals surface area contributed by atoms with Crippen molar-refractivity contribution < 1.29 is 4.79 Å². The molecule has 0 aromatic heterocycles. The molecule has 2 unspecified atom stereocenters. The highest BCUT2D eigenvalue weighted by atomic mass is 35.5. The first-order valence-electron chi connectivity index (χ1n) is 6.24. The molecular weight excluding hydrogens is 234 g/mol. The van der Waals surface area contributed by atoms with E-state index >= 15 is 0 Å². The zero-order valence-electron chi connectivity index (χ0n) is 9.66.